The van der Waals surface area contributed by atoms with Crippen molar-refractivity contribution in [1.82, 2.24) is 4.90 Å². The zero-order chi connectivity index (χ0) is 23.4. The third-order valence-corrected chi connectivity index (χ3v) is 4.82. The molecule has 33 heavy (non-hydrogen) atoms. The average molecular weight is 448 g/mol. The van der Waals surface area contributed by atoms with Crippen LogP contribution < -0.4 is 10.1 Å². The van der Waals surface area contributed by atoms with Crippen LogP contribution in [0.3, 0.4) is 0 Å². The van der Waals surface area contributed by atoms with Crippen LogP contribution in [0, 0.1) is 5.82 Å². The summed E-state index contributed by atoms with van der Waals surface area (Å²) in [5, 5.41) is 2.37. The van der Waals surface area contributed by atoms with Crippen LogP contribution >= 0.6 is 0 Å². The molecule has 0 saturated heterocycles. The molecule has 1 heterocycles. The zero-order valence-electron chi connectivity index (χ0n) is 17.1. The van der Waals surface area contributed by atoms with E-state index in [0.717, 1.165) is 4.90 Å². The summed E-state index contributed by atoms with van der Waals surface area (Å²) in [4.78, 5) is 50.3. The Balaban J connectivity index is 1.38. The molecule has 0 bridgehead atoms. The number of rotatable bonds is 7. The Bertz CT molecular complexity index is 1220. The lowest BCUT2D eigenvalue weighted by atomic mass is 10.1. The molecule has 9 heteroatoms. The fourth-order valence-corrected chi connectivity index (χ4v) is 3.21. The van der Waals surface area contributed by atoms with Crippen molar-refractivity contribution in [2.24, 2.45) is 0 Å². The number of nitrogens with zero attached hydrogens (tertiary/aromatic N) is 1. The van der Waals surface area contributed by atoms with E-state index in [1.807, 2.05) is 0 Å². The molecule has 0 spiro atoms. The maximum absolute atomic E-state index is 13.7. The standard InChI is InChI=1S/C24H17FN2O6/c25-18-10-4-5-11-19(18)26-21(28)13-32-20-12-6-3-9-17(20)24(31)33-14-27-22(29)15-7-1-2-8-16(15)23(27)30/h1-12H,13-14H2,(H,26,28). The summed E-state index contributed by atoms with van der Waals surface area (Å²) in [6.07, 6.45) is 0. The number of hydrogen-bond donors (Lipinski definition) is 1. The minimum Gasteiger partial charge on any atom is -0.483 e. The lowest BCUT2D eigenvalue weighted by molar-refractivity contribution is -0.118. The van der Waals surface area contributed by atoms with E-state index >= 15 is 0 Å². The Morgan fingerprint density at radius 2 is 1.45 bits per heavy atom. The van der Waals surface area contributed by atoms with Gasteiger partial charge in [-0.25, -0.2) is 14.1 Å². The summed E-state index contributed by atoms with van der Waals surface area (Å²) in [5.74, 6) is -3.14. The quantitative estimate of drug-likeness (QED) is 0.440. The number of nitrogens with one attached hydrogen (secondary N) is 1. The first-order valence-corrected chi connectivity index (χ1v) is 9.84. The topological polar surface area (TPSA) is 102 Å². The second kappa shape index (κ2) is 9.31. The number of carbonyl (C=O) groups is 4. The van der Waals surface area contributed by atoms with Gasteiger partial charge in [0.15, 0.2) is 13.3 Å². The number of ether oxygens (including phenoxy) is 2. The molecule has 3 aromatic carbocycles. The molecule has 0 radical (unpaired) electrons. The summed E-state index contributed by atoms with van der Waals surface area (Å²) < 4.78 is 24.2. The number of hydrogen-bond acceptors (Lipinski definition) is 6. The minimum absolute atomic E-state index is 0.000242. The van der Waals surface area contributed by atoms with Crippen LogP contribution in [-0.2, 0) is 9.53 Å². The second-order valence-electron chi connectivity index (χ2n) is 6.96. The number of esters is 1. The van der Waals surface area contributed by atoms with Gasteiger partial charge in [0.25, 0.3) is 17.7 Å². The Morgan fingerprint density at radius 1 is 0.848 bits per heavy atom. The molecule has 166 valence electrons. The van der Waals surface area contributed by atoms with Crippen LogP contribution in [0.4, 0.5) is 10.1 Å². The third kappa shape index (κ3) is 4.57. The molecule has 0 saturated carbocycles. The van der Waals surface area contributed by atoms with Gasteiger partial charge in [-0.05, 0) is 36.4 Å². The monoisotopic (exact) mass is 448 g/mol. The summed E-state index contributed by atoms with van der Waals surface area (Å²) in [7, 11) is 0. The van der Waals surface area contributed by atoms with Crippen LogP contribution in [0.15, 0.2) is 72.8 Å². The third-order valence-electron chi connectivity index (χ3n) is 4.82. The van der Waals surface area contributed by atoms with E-state index in [2.05, 4.69) is 5.32 Å². The Labute approximate surface area is 187 Å². The molecule has 3 aromatic rings. The van der Waals surface area contributed by atoms with Crippen molar-refractivity contribution in [3.8, 4) is 5.75 Å². The number of para-hydroxylation sites is 2. The normalized spacial score (nSPS) is 12.3. The van der Waals surface area contributed by atoms with Crippen LogP contribution in [0.2, 0.25) is 0 Å². The molecular weight excluding hydrogens is 431 g/mol. The van der Waals surface area contributed by atoms with Gasteiger partial charge in [-0.2, -0.15) is 0 Å². The predicted octanol–water partition coefficient (Wildman–Crippen LogP) is 3.25. The van der Waals surface area contributed by atoms with E-state index in [0.29, 0.717) is 0 Å². The predicted molar refractivity (Wildman–Crippen MR) is 114 cm³/mol. The Morgan fingerprint density at radius 3 is 2.15 bits per heavy atom. The lowest BCUT2D eigenvalue weighted by Crippen LogP contribution is -2.33. The number of carbonyl (C=O) groups excluding carboxylic acids is 4. The van der Waals surface area contributed by atoms with Crippen molar-refractivity contribution in [3.05, 3.63) is 95.3 Å². The molecule has 1 aliphatic rings. The van der Waals surface area contributed by atoms with Crippen molar-refractivity contribution in [3.63, 3.8) is 0 Å². The molecule has 0 unspecified atom stereocenters. The number of anilines is 1. The van der Waals surface area contributed by atoms with E-state index in [1.54, 1.807) is 30.3 Å². The fourth-order valence-electron chi connectivity index (χ4n) is 3.21. The van der Waals surface area contributed by atoms with Crippen LogP contribution in [0.5, 0.6) is 5.75 Å². The molecular formula is C24H17FN2O6. The maximum Gasteiger partial charge on any atom is 0.343 e. The average Bonchev–Trinajstić information content (AvgIpc) is 3.07. The molecule has 1 aliphatic heterocycles. The maximum atomic E-state index is 13.7. The highest BCUT2D eigenvalue weighted by molar-refractivity contribution is 6.21. The fraction of sp³-hybridized carbons (Fsp3) is 0.0833. The van der Waals surface area contributed by atoms with Crippen molar-refractivity contribution in [2.45, 2.75) is 0 Å². The number of amides is 3. The van der Waals surface area contributed by atoms with Crippen molar-refractivity contribution in [2.75, 3.05) is 18.7 Å². The Hall–Kier alpha value is -4.53. The van der Waals surface area contributed by atoms with Gasteiger partial charge in [-0.1, -0.05) is 36.4 Å². The van der Waals surface area contributed by atoms with Crippen molar-refractivity contribution in [1.29, 1.82) is 0 Å². The molecule has 8 nitrogen and oxygen atoms in total. The summed E-state index contributed by atoms with van der Waals surface area (Å²) in [6, 6.07) is 18.0. The summed E-state index contributed by atoms with van der Waals surface area (Å²) >= 11 is 0. The molecule has 1 N–H and O–H groups in total. The number of imide groups is 1. The van der Waals surface area contributed by atoms with Gasteiger partial charge in [0.2, 0.25) is 0 Å². The van der Waals surface area contributed by atoms with Crippen LogP contribution in [0.25, 0.3) is 0 Å². The van der Waals surface area contributed by atoms with Crippen LogP contribution in [-0.4, -0.2) is 41.9 Å². The SMILES string of the molecule is O=C(COc1ccccc1C(=O)OCN1C(=O)c2ccccc2C1=O)Nc1ccccc1F. The van der Waals surface area contributed by atoms with E-state index in [4.69, 9.17) is 9.47 Å². The van der Waals surface area contributed by atoms with Crippen molar-refractivity contribution >= 4 is 29.4 Å². The molecule has 3 amide bonds. The minimum atomic E-state index is -0.850. The van der Waals surface area contributed by atoms with Gasteiger partial charge < -0.3 is 14.8 Å². The van der Waals surface area contributed by atoms with Crippen LogP contribution in [0.1, 0.15) is 31.1 Å². The van der Waals surface area contributed by atoms with Gasteiger partial charge in [-0.15, -0.1) is 0 Å². The van der Waals surface area contributed by atoms with Gasteiger partial charge >= 0.3 is 5.97 Å². The number of benzene rings is 3. The highest BCUT2D eigenvalue weighted by Gasteiger charge is 2.36. The van der Waals surface area contributed by atoms with Gasteiger partial charge in [0.05, 0.1) is 16.8 Å². The first kappa shape index (κ1) is 21.7. The summed E-state index contributed by atoms with van der Waals surface area (Å²) in [6.45, 7) is -1.07. The first-order chi connectivity index (χ1) is 16.0. The highest BCUT2D eigenvalue weighted by Crippen LogP contribution is 2.23. The zero-order valence-corrected chi connectivity index (χ0v) is 17.1. The largest absolute Gasteiger partial charge is 0.483 e. The van der Waals surface area contributed by atoms with E-state index in [1.165, 1.54) is 42.5 Å². The van der Waals surface area contributed by atoms with Gasteiger partial charge in [0.1, 0.15) is 17.1 Å². The van der Waals surface area contributed by atoms with Gasteiger partial charge in [0, 0.05) is 0 Å². The number of halogens is 1. The molecule has 0 aromatic heterocycles. The second-order valence-corrected chi connectivity index (χ2v) is 6.96. The van der Waals surface area contributed by atoms with Gasteiger partial charge in [-0.3, -0.25) is 14.4 Å². The number of fused-ring (bicyclic) bond motifs is 1. The molecule has 4 rings (SSSR count). The molecule has 0 aliphatic carbocycles. The summed E-state index contributed by atoms with van der Waals surface area (Å²) in [5.41, 5.74) is 0.471. The van der Waals surface area contributed by atoms with E-state index < -0.39 is 42.8 Å². The van der Waals surface area contributed by atoms with E-state index in [9.17, 15) is 23.6 Å². The molecule has 0 fully saturated rings. The first-order valence-electron chi connectivity index (χ1n) is 9.84. The Kier molecular flexibility index (Phi) is 6.12. The highest BCUT2D eigenvalue weighted by atomic mass is 19.1. The smallest absolute Gasteiger partial charge is 0.343 e. The van der Waals surface area contributed by atoms with E-state index in [-0.39, 0.29) is 28.1 Å². The lowest BCUT2D eigenvalue weighted by Gasteiger charge is -2.15. The van der Waals surface area contributed by atoms with Crippen molar-refractivity contribution < 1.29 is 33.0 Å². The molecule has 0 atom stereocenters.